The van der Waals surface area contributed by atoms with Gasteiger partial charge < -0.3 is 15.2 Å². The van der Waals surface area contributed by atoms with E-state index in [-0.39, 0.29) is 12.5 Å². The van der Waals surface area contributed by atoms with Crippen LogP contribution in [0.25, 0.3) is 0 Å². The summed E-state index contributed by atoms with van der Waals surface area (Å²) in [4.78, 5) is 11.7. The Kier molecular flexibility index (Phi) is 5.40. The highest BCUT2D eigenvalue weighted by Crippen LogP contribution is 2.30. The highest BCUT2D eigenvalue weighted by molar-refractivity contribution is 5.76. The Hall–Kier alpha value is -0.610. The van der Waals surface area contributed by atoms with E-state index in [9.17, 15) is 9.90 Å². The molecule has 2 N–H and O–H groups in total. The molecular weight excluding hydrogens is 218 g/mol. The van der Waals surface area contributed by atoms with Gasteiger partial charge >= 0.3 is 0 Å². The van der Waals surface area contributed by atoms with Crippen LogP contribution in [-0.2, 0) is 9.53 Å². The van der Waals surface area contributed by atoms with Crippen LogP contribution in [0.4, 0.5) is 0 Å². The third-order valence-electron chi connectivity index (χ3n) is 3.75. The number of aliphatic hydroxyl groups is 1. The van der Waals surface area contributed by atoms with Crippen LogP contribution in [0.1, 0.15) is 39.5 Å². The summed E-state index contributed by atoms with van der Waals surface area (Å²) in [5.41, 5.74) is -0.407. The van der Waals surface area contributed by atoms with E-state index in [0.29, 0.717) is 24.8 Å². The van der Waals surface area contributed by atoms with E-state index >= 15 is 0 Å². The zero-order valence-corrected chi connectivity index (χ0v) is 11.2. The van der Waals surface area contributed by atoms with E-state index in [1.807, 2.05) is 13.8 Å². The van der Waals surface area contributed by atoms with Gasteiger partial charge in [0.25, 0.3) is 0 Å². The minimum atomic E-state index is -0.407. The first-order valence-electron chi connectivity index (χ1n) is 6.41. The van der Waals surface area contributed by atoms with Crippen molar-refractivity contribution in [2.24, 2.45) is 11.8 Å². The Labute approximate surface area is 104 Å². The van der Waals surface area contributed by atoms with Crippen LogP contribution in [0.5, 0.6) is 0 Å². The van der Waals surface area contributed by atoms with E-state index in [1.165, 1.54) is 0 Å². The number of carbonyl (C=O) groups is 1. The topological polar surface area (TPSA) is 58.6 Å². The summed E-state index contributed by atoms with van der Waals surface area (Å²) >= 11 is 0. The summed E-state index contributed by atoms with van der Waals surface area (Å²) in [6, 6.07) is 0. The van der Waals surface area contributed by atoms with Crippen molar-refractivity contribution in [3.63, 3.8) is 0 Å². The summed E-state index contributed by atoms with van der Waals surface area (Å²) in [5, 5.41) is 12.1. The van der Waals surface area contributed by atoms with Gasteiger partial charge in [0, 0.05) is 20.3 Å². The van der Waals surface area contributed by atoms with Gasteiger partial charge in [-0.15, -0.1) is 0 Å². The number of hydrogen-bond acceptors (Lipinski definition) is 3. The number of rotatable bonds is 6. The molecule has 0 aromatic heterocycles. The van der Waals surface area contributed by atoms with Crippen molar-refractivity contribution < 1.29 is 14.6 Å². The molecule has 2 unspecified atom stereocenters. The number of nitrogens with one attached hydrogen (secondary N) is 1. The van der Waals surface area contributed by atoms with E-state index in [4.69, 9.17) is 4.74 Å². The summed E-state index contributed by atoms with van der Waals surface area (Å²) in [7, 11) is 1.62. The maximum atomic E-state index is 11.7. The van der Waals surface area contributed by atoms with Gasteiger partial charge in [0.1, 0.15) is 0 Å². The van der Waals surface area contributed by atoms with Gasteiger partial charge in [-0.2, -0.15) is 0 Å². The second-order valence-corrected chi connectivity index (χ2v) is 5.58. The Morgan fingerprint density at radius 3 is 2.65 bits per heavy atom. The number of carbonyl (C=O) groups excluding carboxylic acids is 1. The molecular formula is C13H25NO3. The van der Waals surface area contributed by atoms with Crippen molar-refractivity contribution >= 4 is 5.91 Å². The third-order valence-corrected chi connectivity index (χ3v) is 3.75. The molecule has 0 aliphatic heterocycles. The number of amides is 1. The molecule has 0 bridgehead atoms. The smallest absolute Gasteiger partial charge is 0.222 e. The average molecular weight is 243 g/mol. The van der Waals surface area contributed by atoms with E-state index in [0.717, 1.165) is 19.3 Å². The number of aliphatic hydroxyl groups excluding tert-OH is 1. The molecule has 4 heteroatoms. The molecule has 17 heavy (non-hydrogen) atoms. The normalized spacial score (nSPS) is 24.9. The van der Waals surface area contributed by atoms with E-state index < -0.39 is 5.60 Å². The lowest BCUT2D eigenvalue weighted by Crippen LogP contribution is -2.37. The van der Waals surface area contributed by atoms with Crippen LogP contribution in [0.2, 0.25) is 0 Å². The average Bonchev–Trinajstić information content (AvgIpc) is 2.73. The van der Waals surface area contributed by atoms with Crippen molar-refractivity contribution in [1.82, 2.24) is 5.32 Å². The SMILES string of the molecule is COC(C)(C)CC(=O)NCC1CCCC1CO. The highest BCUT2D eigenvalue weighted by Gasteiger charge is 2.27. The second-order valence-electron chi connectivity index (χ2n) is 5.58. The van der Waals surface area contributed by atoms with Gasteiger partial charge in [-0.1, -0.05) is 6.42 Å². The summed E-state index contributed by atoms with van der Waals surface area (Å²) < 4.78 is 5.22. The Balaban J connectivity index is 2.28. The van der Waals surface area contributed by atoms with Crippen molar-refractivity contribution in [1.29, 1.82) is 0 Å². The fourth-order valence-electron chi connectivity index (χ4n) is 2.39. The standard InChI is InChI=1S/C13H25NO3/c1-13(2,17-3)7-12(16)14-8-10-5-4-6-11(10)9-15/h10-11,15H,4-9H2,1-3H3,(H,14,16). The number of methoxy groups -OCH3 is 1. The molecule has 1 saturated carbocycles. The van der Waals surface area contributed by atoms with Crippen molar-refractivity contribution in [3.05, 3.63) is 0 Å². The van der Waals surface area contributed by atoms with Crippen molar-refractivity contribution in [3.8, 4) is 0 Å². The van der Waals surface area contributed by atoms with Gasteiger partial charge in [-0.25, -0.2) is 0 Å². The van der Waals surface area contributed by atoms with Gasteiger partial charge in [0.15, 0.2) is 0 Å². The van der Waals surface area contributed by atoms with Crippen LogP contribution in [0.3, 0.4) is 0 Å². The molecule has 4 nitrogen and oxygen atoms in total. The lowest BCUT2D eigenvalue weighted by Gasteiger charge is -2.23. The first-order valence-corrected chi connectivity index (χ1v) is 6.41. The van der Waals surface area contributed by atoms with Crippen LogP contribution in [0, 0.1) is 11.8 Å². The molecule has 0 spiro atoms. The predicted molar refractivity (Wildman–Crippen MR) is 66.6 cm³/mol. The van der Waals surface area contributed by atoms with Gasteiger partial charge in [0.05, 0.1) is 12.0 Å². The molecule has 2 atom stereocenters. The summed E-state index contributed by atoms with van der Waals surface area (Å²) in [6.45, 7) is 4.73. The molecule has 0 saturated heterocycles. The first kappa shape index (κ1) is 14.5. The molecule has 1 aliphatic rings. The number of hydrogen-bond donors (Lipinski definition) is 2. The number of ether oxygens (including phenoxy) is 1. The van der Waals surface area contributed by atoms with Gasteiger partial charge in [0.2, 0.25) is 5.91 Å². The molecule has 0 aromatic rings. The monoisotopic (exact) mass is 243 g/mol. The minimum absolute atomic E-state index is 0.0282. The Morgan fingerprint density at radius 2 is 2.06 bits per heavy atom. The molecule has 0 radical (unpaired) electrons. The second kappa shape index (κ2) is 6.36. The van der Waals surface area contributed by atoms with Crippen LogP contribution in [-0.4, -0.2) is 36.9 Å². The lowest BCUT2D eigenvalue weighted by molar-refractivity contribution is -0.126. The van der Waals surface area contributed by atoms with Crippen LogP contribution in [0.15, 0.2) is 0 Å². The van der Waals surface area contributed by atoms with Crippen molar-refractivity contribution in [2.75, 3.05) is 20.3 Å². The largest absolute Gasteiger partial charge is 0.396 e. The lowest BCUT2D eigenvalue weighted by atomic mass is 9.96. The fourth-order valence-corrected chi connectivity index (χ4v) is 2.39. The Morgan fingerprint density at radius 1 is 1.41 bits per heavy atom. The zero-order valence-electron chi connectivity index (χ0n) is 11.2. The van der Waals surface area contributed by atoms with E-state index in [1.54, 1.807) is 7.11 Å². The van der Waals surface area contributed by atoms with Gasteiger partial charge in [-0.3, -0.25) is 4.79 Å². The van der Waals surface area contributed by atoms with Crippen molar-refractivity contribution in [2.45, 2.75) is 45.1 Å². The predicted octanol–water partition coefficient (Wildman–Crippen LogP) is 1.33. The highest BCUT2D eigenvalue weighted by atomic mass is 16.5. The summed E-state index contributed by atoms with van der Waals surface area (Å²) in [6.07, 6.45) is 3.73. The maximum Gasteiger partial charge on any atom is 0.222 e. The third kappa shape index (κ3) is 4.64. The maximum absolute atomic E-state index is 11.7. The molecule has 0 aromatic carbocycles. The fraction of sp³-hybridized carbons (Fsp3) is 0.923. The van der Waals surface area contributed by atoms with Crippen LogP contribution >= 0.6 is 0 Å². The molecule has 1 rings (SSSR count). The molecule has 1 fully saturated rings. The van der Waals surface area contributed by atoms with Gasteiger partial charge in [-0.05, 0) is 38.5 Å². The first-order chi connectivity index (χ1) is 7.98. The Bertz CT molecular complexity index is 253. The minimum Gasteiger partial charge on any atom is -0.396 e. The van der Waals surface area contributed by atoms with E-state index in [2.05, 4.69) is 5.32 Å². The zero-order chi connectivity index (χ0) is 12.9. The molecule has 100 valence electrons. The quantitative estimate of drug-likeness (QED) is 0.740. The van der Waals surface area contributed by atoms with Crippen LogP contribution < -0.4 is 5.32 Å². The molecule has 1 aliphatic carbocycles. The molecule has 0 heterocycles. The molecule has 1 amide bonds. The summed E-state index contributed by atoms with van der Waals surface area (Å²) in [5.74, 6) is 0.834.